The van der Waals surface area contributed by atoms with Crippen LogP contribution in [0.25, 0.3) is 11.2 Å². The molecule has 2 rings (SSSR count). The summed E-state index contributed by atoms with van der Waals surface area (Å²) in [6, 6.07) is 0. The second kappa shape index (κ2) is 6.85. The summed E-state index contributed by atoms with van der Waals surface area (Å²) in [7, 11) is 0. The van der Waals surface area contributed by atoms with Crippen LogP contribution in [0.3, 0.4) is 0 Å². The highest BCUT2D eigenvalue weighted by Gasteiger charge is 2.22. The number of imidazole rings is 1. The minimum Gasteiger partial charge on any atom is -0.857 e. The molecule has 2 aromatic rings. The Morgan fingerprint density at radius 3 is 3.00 bits per heavy atom. The Kier molecular flexibility index (Phi) is 4.88. The Hall–Kier alpha value is -2.69. The number of aliphatic hydroxyl groups is 1. The van der Waals surface area contributed by atoms with Crippen molar-refractivity contribution in [3.63, 3.8) is 0 Å². The number of alkyl halides is 1. The first-order valence-electron chi connectivity index (χ1n) is 6.13. The average Bonchev–Trinajstić information content (AvgIpc) is 2.92. The van der Waals surface area contributed by atoms with Crippen LogP contribution >= 0.6 is 0 Å². The van der Waals surface area contributed by atoms with Crippen molar-refractivity contribution in [2.75, 3.05) is 25.6 Å². The van der Waals surface area contributed by atoms with Crippen molar-refractivity contribution in [2.24, 2.45) is 5.11 Å². The minimum atomic E-state index is -1.20. The van der Waals surface area contributed by atoms with Gasteiger partial charge < -0.3 is 20.7 Å². The summed E-state index contributed by atoms with van der Waals surface area (Å²) in [5, 5.41) is 24.1. The van der Waals surface area contributed by atoms with E-state index in [1.807, 2.05) is 0 Å². The standard InChI is InChI=1S/C10H13FN8O3/c11-1-6(22-5(3-20)2-15-18-13)19-4-14-7-8(19)16-10(12)17-9(7)21/h4-6,13,20H,1-3H2,(H2-,12,16,17,21)/t5-,6-/m0/s1. The molecule has 2 heterocycles. The number of halogens is 1. The number of hydrogen-bond acceptors (Lipinski definition) is 9. The molecule has 0 radical (unpaired) electrons. The van der Waals surface area contributed by atoms with E-state index in [2.05, 4.69) is 25.0 Å². The summed E-state index contributed by atoms with van der Waals surface area (Å²) in [5.41, 5.74) is 11.9. The molecule has 22 heavy (non-hydrogen) atoms. The topological polar surface area (TPSA) is 172 Å². The van der Waals surface area contributed by atoms with Crippen molar-refractivity contribution in [1.29, 1.82) is 5.53 Å². The Morgan fingerprint density at radius 1 is 1.59 bits per heavy atom. The Bertz CT molecular complexity index is 701. The van der Waals surface area contributed by atoms with Crippen LogP contribution in [-0.4, -0.2) is 50.6 Å². The maximum Gasteiger partial charge on any atom is 0.221 e. The van der Waals surface area contributed by atoms with Crippen molar-refractivity contribution in [3.8, 4) is 5.88 Å². The van der Waals surface area contributed by atoms with Crippen LogP contribution in [0.1, 0.15) is 6.23 Å². The number of nitrogens with one attached hydrogen (secondary N) is 1. The van der Waals surface area contributed by atoms with Gasteiger partial charge in [-0.05, 0) is 0 Å². The second-order valence-electron chi connectivity index (χ2n) is 4.18. The highest BCUT2D eigenvalue weighted by atomic mass is 19.1. The van der Waals surface area contributed by atoms with Gasteiger partial charge >= 0.3 is 0 Å². The van der Waals surface area contributed by atoms with Crippen LogP contribution in [0.2, 0.25) is 0 Å². The first-order valence-corrected chi connectivity index (χ1v) is 6.13. The van der Waals surface area contributed by atoms with Gasteiger partial charge in [0.1, 0.15) is 28.9 Å². The molecule has 0 saturated heterocycles. The molecule has 0 saturated carbocycles. The van der Waals surface area contributed by atoms with E-state index in [4.69, 9.17) is 21.1 Å². The SMILES string of the molecule is N=[N+]=NC[C@@H](CO)O[C@@H](CF)n1cnc2c([O-])nc(N)nc21. The highest BCUT2D eigenvalue weighted by molar-refractivity contribution is 5.76. The van der Waals surface area contributed by atoms with Gasteiger partial charge in [-0.2, -0.15) is 4.98 Å². The average molecular weight is 312 g/mol. The molecule has 0 aliphatic rings. The van der Waals surface area contributed by atoms with E-state index in [-0.39, 0.29) is 23.7 Å². The molecule has 0 aromatic carbocycles. The smallest absolute Gasteiger partial charge is 0.221 e. The molecular formula is C10H13FN8O3. The molecule has 0 bridgehead atoms. The van der Waals surface area contributed by atoms with Gasteiger partial charge in [-0.15, -0.1) is 0 Å². The first-order chi connectivity index (χ1) is 10.6. The van der Waals surface area contributed by atoms with Crippen LogP contribution in [0, 0.1) is 5.53 Å². The van der Waals surface area contributed by atoms with Crippen molar-refractivity contribution in [3.05, 3.63) is 6.33 Å². The van der Waals surface area contributed by atoms with E-state index in [1.54, 1.807) is 0 Å². The highest BCUT2D eigenvalue weighted by Crippen LogP contribution is 2.23. The van der Waals surface area contributed by atoms with Gasteiger partial charge in [0.15, 0.2) is 18.4 Å². The molecule has 12 heteroatoms. The first kappa shape index (κ1) is 15.7. The summed E-state index contributed by atoms with van der Waals surface area (Å²) in [5.74, 6) is -0.945. The third kappa shape index (κ3) is 3.14. The molecule has 2 atom stereocenters. The monoisotopic (exact) mass is 312 g/mol. The lowest BCUT2D eigenvalue weighted by molar-refractivity contribution is -0.272. The molecule has 4 N–H and O–H groups in total. The fourth-order valence-electron chi connectivity index (χ4n) is 1.79. The van der Waals surface area contributed by atoms with E-state index < -0.39 is 31.5 Å². The Morgan fingerprint density at radius 2 is 2.36 bits per heavy atom. The maximum absolute atomic E-state index is 13.3. The quantitative estimate of drug-likeness (QED) is 0.428. The van der Waals surface area contributed by atoms with Crippen molar-refractivity contribution in [1.82, 2.24) is 24.4 Å². The summed E-state index contributed by atoms with van der Waals surface area (Å²) in [6.45, 7) is -1.54. The summed E-state index contributed by atoms with van der Waals surface area (Å²) in [4.78, 5) is 13.9. The van der Waals surface area contributed by atoms with Crippen LogP contribution in [-0.2, 0) is 4.74 Å². The minimum absolute atomic E-state index is 0.0268. The number of rotatable bonds is 7. The van der Waals surface area contributed by atoms with Gasteiger partial charge in [0, 0.05) is 5.88 Å². The molecule has 2 aromatic heterocycles. The molecule has 0 spiro atoms. The van der Waals surface area contributed by atoms with Crippen LogP contribution in [0.15, 0.2) is 11.4 Å². The molecule has 118 valence electrons. The number of aliphatic hydroxyl groups excluding tert-OH is 1. The van der Waals surface area contributed by atoms with Gasteiger partial charge in [-0.3, -0.25) is 4.57 Å². The number of hydrogen-bond donors (Lipinski definition) is 3. The lowest BCUT2D eigenvalue weighted by Crippen LogP contribution is -2.27. The molecule has 0 unspecified atom stereocenters. The van der Waals surface area contributed by atoms with E-state index >= 15 is 0 Å². The Balaban J connectivity index is 2.33. The van der Waals surface area contributed by atoms with Crippen molar-refractivity contribution in [2.45, 2.75) is 12.3 Å². The third-order valence-electron chi connectivity index (χ3n) is 2.76. The normalized spacial score (nSPS) is 13.7. The van der Waals surface area contributed by atoms with Crippen LogP contribution in [0.5, 0.6) is 5.88 Å². The third-order valence-corrected chi connectivity index (χ3v) is 2.76. The predicted molar refractivity (Wildman–Crippen MR) is 68.3 cm³/mol. The molecule has 11 nitrogen and oxygen atoms in total. The Labute approximate surface area is 122 Å². The van der Waals surface area contributed by atoms with Crippen LogP contribution in [0.4, 0.5) is 10.3 Å². The van der Waals surface area contributed by atoms with Gasteiger partial charge in [0.05, 0.1) is 12.9 Å². The zero-order chi connectivity index (χ0) is 16.1. The van der Waals surface area contributed by atoms with Crippen LogP contribution < -0.4 is 15.8 Å². The van der Waals surface area contributed by atoms with Gasteiger partial charge in [0.25, 0.3) is 0 Å². The van der Waals surface area contributed by atoms with E-state index in [0.717, 1.165) is 0 Å². The second-order valence-corrected chi connectivity index (χ2v) is 4.18. The summed E-state index contributed by atoms with van der Waals surface area (Å²) in [6.07, 6.45) is -0.903. The fourth-order valence-corrected chi connectivity index (χ4v) is 1.79. The van der Waals surface area contributed by atoms with E-state index in [9.17, 15) is 9.50 Å². The summed E-state index contributed by atoms with van der Waals surface area (Å²) < 4.78 is 19.8. The number of fused-ring (bicyclic) bond motifs is 1. The van der Waals surface area contributed by atoms with Crippen molar-refractivity contribution >= 4 is 17.1 Å². The fraction of sp³-hybridized carbons (Fsp3) is 0.500. The number of nitrogens with two attached hydrogens (primary N) is 1. The maximum atomic E-state index is 13.3. The molecule has 0 fully saturated rings. The van der Waals surface area contributed by atoms with Gasteiger partial charge in [-0.1, -0.05) is 0 Å². The molecule has 0 amide bonds. The number of nitrogen functional groups attached to an aromatic ring is 1. The van der Waals surface area contributed by atoms with Gasteiger partial charge in [0.2, 0.25) is 10.9 Å². The zero-order valence-electron chi connectivity index (χ0n) is 11.3. The lowest BCUT2D eigenvalue weighted by Gasteiger charge is -2.20. The largest absolute Gasteiger partial charge is 0.857 e. The number of nitrogens with zero attached hydrogens (tertiary/aromatic N) is 6. The number of ether oxygens (including phenoxy) is 1. The predicted octanol–water partition coefficient (Wildman–Crippen LogP) is -1.12. The lowest BCUT2D eigenvalue weighted by atomic mass is 10.4. The molecule has 0 aliphatic heterocycles. The molecular weight excluding hydrogens is 299 g/mol. The van der Waals surface area contributed by atoms with E-state index in [1.165, 1.54) is 10.9 Å². The zero-order valence-corrected chi connectivity index (χ0v) is 11.3. The summed E-state index contributed by atoms with van der Waals surface area (Å²) >= 11 is 0. The number of aromatic nitrogens is 4. The number of anilines is 1. The van der Waals surface area contributed by atoms with E-state index in [0.29, 0.717) is 0 Å². The van der Waals surface area contributed by atoms with Crippen molar-refractivity contribution < 1.29 is 19.3 Å². The van der Waals surface area contributed by atoms with Gasteiger partial charge in [-0.25, -0.2) is 14.4 Å². The molecule has 0 aliphatic carbocycles.